The van der Waals surface area contributed by atoms with E-state index < -0.39 is 115 Å². The summed E-state index contributed by atoms with van der Waals surface area (Å²) in [5, 5.41) is 18.8. The third-order valence-electron chi connectivity index (χ3n) is 5.42. The summed E-state index contributed by atoms with van der Waals surface area (Å²) in [7, 11) is 0. The molecule has 2 aromatic carbocycles. The van der Waals surface area contributed by atoms with E-state index in [2.05, 4.69) is 19.7 Å². The lowest BCUT2D eigenvalue weighted by Crippen LogP contribution is -2.17. The predicted molar refractivity (Wildman–Crippen MR) is 111 cm³/mol. The molecule has 0 unspecified atom stereocenters. The topological polar surface area (TPSA) is 81.0 Å². The third-order valence-corrected chi connectivity index (χ3v) is 5.42. The van der Waals surface area contributed by atoms with Crippen LogP contribution in [0.1, 0.15) is 11.1 Å². The average Bonchev–Trinajstić information content (AvgIpc) is 3.47. The van der Waals surface area contributed by atoms with Gasteiger partial charge in [-0.25, -0.2) is 74.1 Å². The van der Waals surface area contributed by atoms with E-state index in [0.717, 1.165) is 0 Å². The fourth-order valence-electron chi connectivity index (χ4n) is 3.72. The highest BCUT2D eigenvalue weighted by Gasteiger charge is 2.43. The molecule has 2 aliphatic heterocycles. The first kappa shape index (κ1) is 27.3. The Balaban J connectivity index is 2.17. The molecular formula is C24F10N6. The molecule has 2 aliphatic rings. The second kappa shape index (κ2) is 9.53. The highest BCUT2D eigenvalue weighted by Crippen LogP contribution is 2.45. The van der Waals surface area contributed by atoms with Crippen LogP contribution >= 0.6 is 0 Å². The molecule has 0 radical (unpaired) electrons. The third kappa shape index (κ3) is 3.55. The molecule has 2 aromatic rings. The Morgan fingerprint density at radius 2 is 0.750 bits per heavy atom. The number of halogens is 10. The van der Waals surface area contributed by atoms with Gasteiger partial charge in [0.1, 0.15) is 0 Å². The minimum Gasteiger partial charge on any atom is -0.247 e. The van der Waals surface area contributed by atoms with Crippen molar-refractivity contribution in [1.29, 1.82) is 10.5 Å². The second-order valence-corrected chi connectivity index (χ2v) is 7.40. The van der Waals surface area contributed by atoms with E-state index in [4.69, 9.17) is 13.1 Å². The first-order valence-electron chi connectivity index (χ1n) is 9.88. The number of rotatable bonds is 2. The summed E-state index contributed by atoms with van der Waals surface area (Å²) >= 11 is 0. The average molecular weight is 562 g/mol. The van der Waals surface area contributed by atoms with Crippen LogP contribution in [0.5, 0.6) is 0 Å². The fourth-order valence-corrected chi connectivity index (χ4v) is 3.72. The molecule has 6 nitrogen and oxygen atoms in total. The van der Waals surface area contributed by atoms with E-state index in [1.807, 2.05) is 0 Å². The summed E-state index contributed by atoms with van der Waals surface area (Å²) in [5.74, 6) is -25.0. The standard InChI is InChI=1S/C24F10N6/c1-37-5(3-35)7-21(9-11(25)15(29)19(33)16(30)12(9)26)39-24-8(6(4-36)38-2)22(40-23(7)24)10-13(27)17(31)20(34)18(32)14(10)28/b7-5-,8-6+. The van der Waals surface area contributed by atoms with E-state index in [-0.39, 0.29) is 0 Å². The Kier molecular flexibility index (Phi) is 6.51. The van der Waals surface area contributed by atoms with Crippen molar-refractivity contribution in [2.24, 2.45) is 9.98 Å². The molecular weight excluding hydrogens is 562 g/mol. The van der Waals surface area contributed by atoms with Gasteiger partial charge in [-0.3, -0.25) is 0 Å². The maximum atomic E-state index is 14.7. The van der Waals surface area contributed by atoms with Gasteiger partial charge < -0.3 is 0 Å². The van der Waals surface area contributed by atoms with Crippen LogP contribution in [0.4, 0.5) is 43.9 Å². The lowest BCUT2D eigenvalue weighted by atomic mass is 9.97. The fraction of sp³-hybridized carbons (Fsp3) is 0. The zero-order valence-corrected chi connectivity index (χ0v) is 18.5. The normalized spacial score (nSPS) is 16.4. The first-order chi connectivity index (χ1) is 18.9. The lowest BCUT2D eigenvalue weighted by Gasteiger charge is -2.13. The molecule has 40 heavy (non-hydrogen) atoms. The Labute approximate surface area is 214 Å². The molecule has 0 aliphatic carbocycles. The number of benzene rings is 2. The number of allylic oxidation sites excluding steroid dienone is 4. The maximum absolute atomic E-state index is 14.7. The lowest BCUT2D eigenvalue weighted by molar-refractivity contribution is 0.377. The van der Waals surface area contributed by atoms with Crippen molar-refractivity contribution in [2.75, 3.05) is 0 Å². The minimum absolute atomic E-state index is 0.975. The molecule has 0 fully saturated rings. The molecule has 0 spiro atoms. The summed E-state index contributed by atoms with van der Waals surface area (Å²) in [5.41, 5.74) is -12.7. The summed E-state index contributed by atoms with van der Waals surface area (Å²) in [6, 6.07) is 2.47. The number of nitrogens with zero attached hydrogens (tertiary/aromatic N) is 6. The molecule has 0 saturated heterocycles. The molecule has 0 saturated carbocycles. The van der Waals surface area contributed by atoms with Crippen molar-refractivity contribution in [1.82, 2.24) is 0 Å². The van der Waals surface area contributed by atoms with Crippen molar-refractivity contribution in [3.05, 3.63) is 126 Å². The number of hydrogen-bond donors (Lipinski definition) is 0. The van der Waals surface area contributed by atoms with E-state index in [1.54, 1.807) is 0 Å². The molecule has 196 valence electrons. The van der Waals surface area contributed by atoms with Gasteiger partial charge in [-0.05, 0) is 0 Å². The maximum Gasteiger partial charge on any atom is 0.273 e. The second-order valence-electron chi connectivity index (χ2n) is 7.40. The summed E-state index contributed by atoms with van der Waals surface area (Å²) < 4.78 is 142. The molecule has 0 bridgehead atoms. The molecule has 0 aromatic heterocycles. The minimum atomic E-state index is -2.58. The molecule has 0 atom stereocenters. The summed E-state index contributed by atoms with van der Waals surface area (Å²) in [6.45, 7) is 14.3. The molecule has 0 N–H and O–H groups in total. The predicted octanol–water partition coefficient (Wildman–Crippen LogP) is 5.99. The van der Waals surface area contributed by atoms with E-state index in [9.17, 15) is 54.4 Å². The zero-order chi connectivity index (χ0) is 29.8. The van der Waals surface area contributed by atoms with Gasteiger partial charge in [0.25, 0.3) is 11.4 Å². The van der Waals surface area contributed by atoms with Gasteiger partial charge in [-0.1, -0.05) is 0 Å². The van der Waals surface area contributed by atoms with Crippen molar-refractivity contribution in [3.63, 3.8) is 0 Å². The number of nitriles is 2. The van der Waals surface area contributed by atoms with Crippen LogP contribution in [-0.2, 0) is 0 Å². The molecule has 2 heterocycles. The summed E-state index contributed by atoms with van der Waals surface area (Å²) in [4.78, 5) is 12.7. The Bertz CT molecular complexity index is 1710. The molecule has 4 rings (SSSR count). The summed E-state index contributed by atoms with van der Waals surface area (Å²) in [6.07, 6.45) is 0. The van der Waals surface area contributed by atoms with E-state index >= 15 is 0 Å². The van der Waals surface area contributed by atoms with Crippen molar-refractivity contribution in [2.45, 2.75) is 0 Å². The highest BCUT2D eigenvalue weighted by atomic mass is 19.2. The first-order valence-corrected chi connectivity index (χ1v) is 9.88. The number of aliphatic imine (C=N–C) groups is 2. The molecule has 16 heteroatoms. The van der Waals surface area contributed by atoms with Gasteiger partial charge >= 0.3 is 0 Å². The van der Waals surface area contributed by atoms with E-state index in [0.29, 0.717) is 0 Å². The van der Waals surface area contributed by atoms with E-state index in [1.165, 1.54) is 12.1 Å². The SMILES string of the molecule is [C-]#[N+]/C(C#N)=C1\C(c2c(F)c(F)c(F)c(F)c2F)=NC2=C1N=C(c1c(F)c(F)c(F)c(F)c1F)/C2=C(\C#N)[N+]#[C-]. The zero-order valence-electron chi connectivity index (χ0n) is 18.5. The van der Waals surface area contributed by atoms with Crippen LogP contribution in [0.15, 0.2) is 43.9 Å². The molecule has 0 amide bonds. The largest absolute Gasteiger partial charge is 0.273 e. The van der Waals surface area contributed by atoms with Crippen molar-refractivity contribution >= 4 is 11.4 Å². The van der Waals surface area contributed by atoms with Gasteiger partial charge in [0, 0.05) is 11.1 Å². The quantitative estimate of drug-likeness (QED) is 0.148. The van der Waals surface area contributed by atoms with Crippen LogP contribution in [0.2, 0.25) is 0 Å². The monoisotopic (exact) mass is 562 g/mol. The van der Waals surface area contributed by atoms with Gasteiger partial charge in [-0.15, -0.1) is 0 Å². The highest BCUT2D eigenvalue weighted by molar-refractivity contribution is 6.26. The van der Waals surface area contributed by atoms with Crippen LogP contribution in [0, 0.1) is 94.0 Å². The Hall–Kier alpha value is -5.74. The van der Waals surface area contributed by atoms with Crippen LogP contribution in [-0.4, -0.2) is 11.4 Å². The van der Waals surface area contributed by atoms with Gasteiger partial charge in [0.15, 0.2) is 46.5 Å². The Morgan fingerprint density at radius 1 is 0.500 bits per heavy atom. The van der Waals surface area contributed by atoms with Crippen LogP contribution < -0.4 is 0 Å². The van der Waals surface area contributed by atoms with Gasteiger partial charge in [0.05, 0.1) is 59.2 Å². The Morgan fingerprint density at radius 3 is 0.975 bits per heavy atom. The van der Waals surface area contributed by atoms with Crippen molar-refractivity contribution < 1.29 is 43.9 Å². The number of hydrogen-bond acceptors (Lipinski definition) is 4. The smallest absolute Gasteiger partial charge is 0.247 e. The van der Waals surface area contributed by atoms with Crippen LogP contribution in [0.3, 0.4) is 0 Å². The van der Waals surface area contributed by atoms with Gasteiger partial charge in [0.2, 0.25) is 11.6 Å². The van der Waals surface area contributed by atoms with Crippen LogP contribution in [0.25, 0.3) is 9.69 Å². The van der Waals surface area contributed by atoms with Crippen molar-refractivity contribution in [3.8, 4) is 12.1 Å². The van der Waals surface area contributed by atoms with Gasteiger partial charge in [-0.2, -0.15) is 0 Å².